The molecule has 1 aromatic heterocycles. The maximum atomic E-state index is 5.02. The molecule has 0 radical (unpaired) electrons. The lowest BCUT2D eigenvalue weighted by molar-refractivity contribution is 0.209. The molecule has 1 aromatic rings. The van der Waals surface area contributed by atoms with Crippen LogP contribution in [-0.2, 0) is 0 Å². The normalized spacial score (nSPS) is 21.2. The second kappa shape index (κ2) is 8.37. The van der Waals surface area contributed by atoms with E-state index in [-0.39, 0.29) is 0 Å². The number of anilines is 2. The van der Waals surface area contributed by atoms with E-state index in [0.29, 0.717) is 12.1 Å². The smallest absolute Gasteiger partial charge is 0.131 e. The highest BCUT2D eigenvalue weighted by Crippen LogP contribution is 2.21. The molecule has 2 fully saturated rings. The molecule has 25 heavy (non-hydrogen) atoms. The highest BCUT2D eigenvalue weighted by Gasteiger charge is 2.21. The molecule has 0 saturated carbocycles. The zero-order valence-electron chi connectivity index (χ0n) is 16.5. The molecule has 0 N–H and O–H groups in total. The average Bonchev–Trinajstić information content (AvgIpc) is 2.88. The molecule has 140 valence electrons. The molecule has 2 saturated heterocycles. The Morgan fingerprint density at radius 2 is 1.16 bits per heavy atom. The van der Waals surface area contributed by atoms with Crippen LogP contribution in [-0.4, -0.2) is 79.2 Å². The van der Waals surface area contributed by atoms with Gasteiger partial charge in [-0.1, -0.05) is 6.07 Å². The molecule has 3 heterocycles. The Kier molecular flexibility index (Phi) is 6.18. The van der Waals surface area contributed by atoms with Gasteiger partial charge in [0.1, 0.15) is 11.6 Å². The van der Waals surface area contributed by atoms with Crippen LogP contribution in [0.5, 0.6) is 0 Å². The summed E-state index contributed by atoms with van der Waals surface area (Å²) in [5, 5.41) is 0. The van der Waals surface area contributed by atoms with Crippen LogP contribution in [0.4, 0.5) is 11.6 Å². The molecular formula is C20H35N5. The molecular weight excluding hydrogens is 310 g/mol. The first-order chi connectivity index (χ1) is 12.0. The van der Waals surface area contributed by atoms with E-state index in [4.69, 9.17) is 4.98 Å². The van der Waals surface area contributed by atoms with Crippen molar-refractivity contribution in [3.63, 3.8) is 0 Å². The highest BCUT2D eigenvalue weighted by atomic mass is 15.3. The molecule has 0 amide bonds. The van der Waals surface area contributed by atoms with E-state index >= 15 is 0 Å². The molecule has 0 unspecified atom stereocenters. The quantitative estimate of drug-likeness (QED) is 0.835. The van der Waals surface area contributed by atoms with Gasteiger partial charge in [0, 0.05) is 64.4 Å². The largest absolute Gasteiger partial charge is 0.355 e. The Hall–Kier alpha value is -1.33. The standard InChI is InChI=1S/C20H35N5/c1-17(2)22-9-6-10-24(14-11-22)19-7-5-8-20(21-19)25-15-12-23(13-16-25)18(3)4/h5,7-8,17-18H,6,9-16H2,1-4H3. The van der Waals surface area contributed by atoms with Gasteiger partial charge in [0.2, 0.25) is 0 Å². The Morgan fingerprint density at radius 1 is 0.680 bits per heavy atom. The third-order valence-corrected chi connectivity index (χ3v) is 5.67. The molecule has 0 bridgehead atoms. The Labute approximate surface area is 153 Å². The summed E-state index contributed by atoms with van der Waals surface area (Å²) in [5.41, 5.74) is 0. The van der Waals surface area contributed by atoms with Gasteiger partial charge >= 0.3 is 0 Å². The Bertz CT molecular complexity index is 537. The number of aromatic nitrogens is 1. The summed E-state index contributed by atoms with van der Waals surface area (Å²) in [6, 6.07) is 7.81. The molecule has 0 spiro atoms. The summed E-state index contributed by atoms with van der Waals surface area (Å²) in [7, 11) is 0. The van der Waals surface area contributed by atoms with Gasteiger partial charge in [-0.05, 0) is 46.2 Å². The summed E-state index contributed by atoms with van der Waals surface area (Å²) < 4.78 is 0. The van der Waals surface area contributed by atoms with Crippen molar-refractivity contribution < 1.29 is 0 Å². The predicted octanol–water partition coefficient (Wildman–Crippen LogP) is 2.53. The second-order valence-corrected chi connectivity index (χ2v) is 7.94. The fourth-order valence-corrected chi connectivity index (χ4v) is 3.91. The molecule has 0 aliphatic carbocycles. The topological polar surface area (TPSA) is 25.9 Å². The molecule has 2 aliphatic rings. The summed E-state index contributed by atoms with van der Waals surface area (Å²) in [4.78, 5) is 15.1. The minimum absolute atomic E-state index is 0.636. The van der Waals surface area contributed by atoms with Crippen molar-refractivity contribution in [3.8, 4) is 0 Å². The number of hydrogen-bond donors (Lipinski definition) is 0. The van der Waals surface area contributed by atoms with Crippen LogP contribution >= 0.6 is 0 Å². The van der Waals surface area contributed by atoms with Crippen LogP contribution in [0, 0.1) is 0 Å². The molecule has 0 aromatic carbocycles. The van der Waals surface area contributed by atoms with E-state index in [1.807, 2.05) is 0 Å². The maximum absolute atomic E-state index is 5.02. The van der Waals surface area contributed by atoms with Gasteiger partial charge in [-0.15, -0.1) is 0 Å². The molecule has 2 aliphatic heterocycles. The van der Waals surface area contributed by atoms with Crippen LogP contribution in [0.15, 0.2) is 18.2 Å². The third-order valence-electron chi connectivity index (χ3n) is 5.67. The van der Waals surface area contributed by atoms with E-state index in [1.54, 1.807) is 0 Å². The monoisotopic (exact) mass is 345 g/mol. The maximum Gasteiger partial charge on any atom is 0.131 e. The van der Waals surface area contributed by atoms with E-state index in [2.05, 4.69) is 65.5 Å². The number of piperazine rings is 1. The van der Waals surface area contributed by atoms with E-state index in [9.17, 15) is 0 Å². The lowest BCUT2D eigenvalue weighted by atomic mass is 10.2. The van der Waals surface area contributed by atoms with Crippen molar-refractivity contribution in [2.24, 2.45) is 0 Å². The number of hydrogen-bond acceptors (Lipinski definition) is 5. The lowest BCUT2D eigenvalue weighted by Crippen LogP contribution is -2.49. The van der Waals surface area contributed by atoms with Gasteiger partial charge in [0.25, 0.3) is 0 Å². The average molecular weight is 346 g/mol. The van der Waals surface area contributed by atoms with E-state index < -0.39 is 0 Å². The van der Waals surface area contributed by atoms with Crippen molar-refractivity contribution in [3.05, 3.63) is 18.2 Å². The predicted molar refractivity (Wildman–Crippen MR) is 107 cm³/mol. The van der Waals surface area contributed by atoms with Gasteiger partial charge in [0.05, 0.1) is 0 Å². The SMILES string of the molecule is CC(C)N1CCCN(c2cccc(N3CCN(C(C)C)CC3)n2)CC1. The summed E-state index contributed by atoms with van der Waals surface area (Å²) in [6.07, 6.45) is 1.22. The first-order valence-electron chi connectivity index (χ1n) is 9.99. The van der Waals surface area contributed by atoms with Crippen molar-refractivity contribution in [1.82, 2.24) is 14.8 Å². The Morgan fingerprint density at radius 3 is 1.68 bits per heavy atom. The lowest BCUT2D eigenvalue weighted by Gasteiger charge is -2.37. The van der Waals surface area contributed by atoms with Gasteiger partial charge in [-0.3, -0.25) is 9.80 Å². The van der Waals surface area contributed by atoms with E-state index in [0.717, 1.165) is 57.4 Å². The summed E-state index contributed by atoms with van der Waals surface area (Å²) in [6.45, 7) is 18.1. The van der Waals surface area contributed by atoms with Crippen LogP contribution in [0.3, 0.4) is 0 Å². The van der Waals surface area contributed by atoms with Crippen molar-refractivity contribution in [2.75, 3.05) is 62.2 Å². The van der Waals surface area contributed by atoms with Crippen molar-refractivity contribution in [1.29, 1.82) is 0 Å². The van der Waals surface area contributed by atoms with Crippen LogP contribution in [0.1, 0.15) is 34.1 Å². The molecule has 5 nitrogen and oxygen atoms in total. The van der Waals surface area contributed by atoms with Gasteiger partial charge < -0.3 is 9.80 Å². The first-order valence-corrected chi connectivity index (χ1v) is 9.99. The minimum Gasteiger partial charge on any atom is -0.355 e. The van der Waals surface area contributed by atoms with Crippen molar-refractivity contribution >= 4 is 11.6 Å². The number of rotatable bonds is 4. The molecule has 5 heteroatoms. The summed E-state index contributed by atoms with van der Waals surface area (Å²) in [5.74, 6) is 2.29. The number of nitrogens with zero attached hydrogens (tertiary/aromatic N) is 5. The fourth-order valence-electron chi connectivity index (χ4n) is 3.91. The molecule has 0 atom stereocenters. The van der Waals surface area contributed by atoms with Crippen LogP contribution in [0.25, 0.3) is 0 Å². The first kappa shape index (κ1) is 18.5. The van der Waals surface area contributed by atoms with Crippen LogP contribution in [0.2, 0.25) is 0 Å². The van der Waals surface area contributed by atoms with Gasteiger partial charge in [0.15, 0.2) is 0 Å². The second-order valence-electron chi connectivity index (χ2n) is 7.94. The fraction of sp³-hybridized carbons (Fsp3) is 0.750. The third kappa shape index (κ3) is 4.64. The van der Waals surface area contributed by atoms with E-state index in [1.165, 1.54) is 13.0 Å². The summed E-state index contributed by atoms with van der Waals surface area (Å²) >= 11 is 0. The van der Waals surface area contributed by atoms with Crippen LogP contribution < -0.4 is 9.80 Å². The molecule has 3 rings (SSSR count). The van der Waals surface area contributed by atoms with Crippen molar-refractivity contribution in [2.45, 2.75) is 46.2 Å². The zero-order chi connectivity index (χ0) is 17.8. The zero-order valence-corrected chi connectivity index (χ0v) is 16.5. The van der Waals surface area contributed by atoms with Gasteiger partial charge in [-0.2, -0.15) is 0 Å². The Balaban J connectivity index is 1.64. The van der Waals surface area contributed by atoms with Gasteiger partial charge in [-0.25, -0.2) is 4.98 Å². The number of pyridine rings is 1. The minimum atomic E-state index is 0.636. The highest BCUT2D eigenvalue weighted by molar-refractivity contribution is 5.49.